The highest BCUT2D eigenvalue weighted by Gasteiger charge is 2.50. The smallest absolute Gasteiger partial charge is 0.343 e. The first kappa shape index (κ1) is 20.8. The van der Waals surface area contributed by atoms with Gasteiger partial charge in [-0.3, -0.25) is 9.69 Å². The summed E-state index contributed by atoms with van der Waals surface area (Å²) in [6.45, 7) is 0.904. The molecule has 1 unspecified atom stereocenters. The first-order valence-electron chi connectivity index (χ1n) is 10.0. The summed E-state index contributed by atoms with van der Waals surface area (Å²) < 4.78 is 53.6. The zero-order chi connectivity index (χ0) is 21.5. The fraction of sp³-hybridized carbons (Fsp3) is 0.455. The highest BCUT2D eigenvalue weighted by Crippen LogP contribution is 2.49. The highest BCUT2D eigenvalue weighted by molar-refractivity contribution is 5.95. The lowest BCUT2D eigenvalue weighted by Gasteiger charge is -2.57. The molecular formula is C22H23F4N3O. The second kappa shape index (κ2) is 7.65. The topological polar surface area (TPSA) is 45.2 Å². The van der Waals surface area contributed by atoms with Crippen LogP contribution in [0.25, 0.3) is 0 Å². The lowest BCUT2D eigenvalue weighted by Crippen LogP contribution is -2.62. The van der Waals surface area contributed by atoms with Crippen LogP contribution in [-0.2, 0) is 6.18 Å². The van der Waals surface area contributed by atoms with Gasteiger partial charge in [-0.25, -0.2) is 9.37 Å². The normalized spacial score (nSPS) is 25.2. The first-order chi connectivity index (χ1) is 14.2. The number of likely N-dealkylation sites (N-methyl/N-ethyl adjacent to an activating group) is 1. The van der Waals surface area contributed by atoms with Crippen LogP contribution in [0.3, 0.4) is 0 Å². The standard InChI is InChI=1S/C22H23F4N3O/c1-29-13-14-7-10-21(29,11-8-14)18(15-5-3-2-4-6-15)28-20(30)16-9-12-27-19(17(16)23)22(24,25)26/h2-6,9,12,14,18H,7-8,10-11,13H2,1H3,(H,28,30). The molecule has 1 aliphatic carbocycles. The number of halogens is 4. The number of nitrogens with zero attached hydrogens (tertiary/aromatic N) is 2. The van der Waals surface area contributed by atoms with Gasteiger partial charge in [0.1, 0.15) is 0 Å². The molecular weight excluding hydrogens is 398 g/mol. The largest absolute Gasteiger partial charge is 0.436 e. The Morgan fingerprint density at radius 1 is 1.20 bits per heavy atom. The Kier molecular flexibility index (Phi) is 5.30. The molecule has 3 aliphatic rings. The van der Waals surface area contributed by atoms with E-state index in [-0.39, 0.29) is 5.54 Å². The van der Waals surface area contributed by atoms with Crippen LogP contribution in [0.2, 0.25) is 0 Å². The molecule has 30 heavy (non-hydrogen) atoms. The predicted octanol–water partition coefficient (Wildman–Crippen LogP) is 4.59. The molecule has 3 heterocycles. The van der Waals surface area contributed by atoms with E-state index >= 15 is 0 Å². The van der Waals surface area contributed by atoms with E-state index in [1.165, 1.54) is 0 Å². The molecule has 2 bridgehead atoms. The number of carbonyl (C=O) groups is 1. The Labute approximate surface area is 172 Å². The van der Waals surface area contributed by atoms with E-state index in [1.54, 1.807) is 0 Å². The van der Waals surface area contributed by atoms with Gasteiger partial charge in [0.05, 0.1) is 11.6 Å². The SMILES string of the molecule is CN1CC2CCC1(C(NC(=O)c1ccnc(C(F)(F)F)c1F)c1ccccc1)CC2. The van der Waals surface area contributed by atoms with Gasteiger partial charge >= 0.3 is 6.18 Å². The third kappa shape index (κ3) is 3.57. The fourth-order valence-electron chi connectivity index (χ4n) is 5.02. The van der Waals surface area contributed by atoms with Gasteiger partial charge in [0, 0.05) is 18.3 Å². The van der Waals surface area contributed by atoms with Crippen molar-refractivity contribution in [1.29, 1.82) is 0 Å². The van der Waals surface area contributed by atoms with Gasteiger partial charge in [0.2, 0.25) is 0 Å². The Hall–Kier alpha value is -2.48. The van der Waals surface area contributed by atoms with Crippen LogP contribution >= 0.6 is 0 Å². The number of hydrogen-bond acceptors (Lipinski definition) is 3. The third-order valence-corrected chi connectivity index (χ3v) is 6.61. The summed E-state index contributed by atoms with van der Waals surface area (Å²) in [5, 5.41) is 2.87. The Balaban J connectivity index is 1.71. The number of carbonyl (C=O) groups excluding carboxylic acids is 1. The second-order valence-electron chi connectivity index (χ2n) is 8.26. The molecule has 1 aromatic carbocycles. The monoisotopic (exact) mass is 421 g/mol. The molecule has 0 spiro atoms. The molecule has 2 aliphatic heterocycles. The fourth-order valence-corrected chi connectivity index (χ4v) is 5.02. The third-order valence-electron chi connectivity index (χ3n) is 6.61. The molecule has 8 heteroatoms. The number of hydrogen-bond donors (Lipinski definition) is 1. The number of fused-ring (bicyclic) bond motifs is 3. The number of nitrogens with one attached hydrogen (secondary N) is 1. The van der Waals surface area contributed by atoms with E-state index in [4.69, 9.17) is 0 Å². The van der Waals surface area contributed by atoms with Gasteiger partial charge in [-0.05, 0) is 50.3 Å². The lowest BCUT2D eigenvalue weighted by atomic mass is 9.66. The van der Waals surface area contributed by atoms with Crippen LogP contribution in [-0.4, -0.2) is 34.9 Å². The van der Waals surface area contributed by atoms with Crippen molar-refractivity contribution in [2.24, 2.45) is 5.92 Å². The van der Waals surface area contributed by atoms with Crippen LogP contribution in [0.4, 0.5) is 17.6 Å². The van der Waals surface area contributed by atoms with E-state index in [0.717, 1.165) is 50.1 Å². The van der Waals surface area contributed by atoms with Crippen LogP contribution < -0.4 is 5.32 Å². The van der Waals surface area contributed by atoms with Crippen LogP contribution in [0.5, 0.6) is 0 Å². The van der Waals surface area contributed by atoms with Gasteiger partial charge in [-0.2, -0.15) is 13.2 Å². The van der Waals surface area contributed by atoms with E-state index < -0.39 is 35.2 Å². The summed E-state index contributed by atoms with van der Waals surface area (Å²) in [4.78, 5) is 18.3. The zero-order valence-corrected chi connectivity index (χ0v) is 16.5. The van der Waals surface area contributed by atoms with Crippen molar-refractivity contribution >= 4 is 5.91 Å². The van der Waals surface area contributed by atoms with Crippen LogP contribution in [0.15, 0.2) is 42.6 Å². The number of alkyl halides is 3. The van der Waals surface area contributed by atoms with Gasteiger partial charge in [-0.15, -0.1) is 0 Å². The molecule has 1 saturated carbocycles. The van der Waals surface area contributed by atoms with Crippen molar-refractivity contribution in [3.8, 4) is 0 Å². The van der Waals surface area contributed by atoms with Crippen molar-refractivity contribution in [1.82, 2.24) is 15.2 Å². The summed E-state index contributed by atoms with van der Waals surface area (Å²) in [5.74, 6) is -1.90. The van der Waals surface area contributed by atoms with Crippen molar-refractivity contribution < 1.29 is 22.4 Å². The van der Waals surface area contributed by atoms with Crippen LogP contribution in [0.1, 0.15) is 53.3 Å². The van der Waals surface area contributed by atoms with E-state index in [9.17, 15) is 22.4 Å². The molecule has 0 radical (unpaired) electrons. The zero-order valence-electron chi connectivity index (χ0n) is 16.5. The number of pyridine rings is 1. The highest BCUT2D eigenvalue weighted by atomic mass is 19.4. The second-order valence-corrected chi connectivity index (χ2v) is 8.26. The minimum Gasteiger partial charge on any atom is -0.343 e. The van der Waals surface area contributed by atoms with Crippen LogP contribution in [0, 0.1) is 11.7 Å². The van der Waals surface area contributed by atoms with Gasteiger partial charge in [0.15, 0.2) is 11.5 Å². The summed E-state index contributed by atoms with van der Waals surface area (Å²) in [6.07, 6.45) is -0.369. The molecule has 160 valence electrons. The maximum atomic E-state index is 14.5. The number of benzene rings is 1. The average molecular weight is 421 g/mol. The van der Waals surface area contributed by atoms with Crippen molar-refractivity contribution in [2.45, 2.75) is 43.4 Å². The summed E-state index contributed by atoms with van der Waals surface area (Å²) in [5.41, 5.74) is -1.84. The van der Waals surface area contributed by atoms with Gasteiger partial charge in [-0.1, -0.05) is 30.3 Å². The molecule has 2 saturated heterocycles. The first-order valence-corrected chi connectivity index (χ1v) is 10.0. The summed E-state index contributed by atoms with van der Waals surface area (Å²) in [7, 11) is 2.02. The van der Waals surface area contributed by atoms with Crippen molar-refractivity contribution in [3.05, 3.63) is 65.2 Å². The quantitative estimate of drug-likeness (QED) is 0.735. The molecule has 1 amide bonds. The minimum absolute atomic E-state index is 0.359. The van der Waals surface area contributed by atoms with E-state index in [2.05, 4.69) is 15.2 Å². The molecule has 2 aromatic rings. The average Bonchev–Trinajstić information content (AvgIpc) is 2.72. The number of amides is 1. The number of piperidine rings is 2. The Bertz CT molecular complexity index is 924. The Morgan fingerprint density at radius 3 is 2.47 bits per heavy atom. The molecule has 4 nitrogen and oxygen atoms in total. The van der Waals surface area contributed by atoms with Gasteiger partial charge < -0.3 is 5.32 Å². The van der Waals surface area contributed by atoms with Crippen molar-refractivity contribution in [3.63, 3.8) is 0 Å². The van der Waals surface area contributed by atoms with Gasteiger partial charge in [0.25, 0.3) is 5.91 Å². The maximum absolute atomic E-state index is 14.5. The van der Waals surface area contributed by atoms with E-state index in [0.29, 0.717) is 5.92 Å². The van der Waals surface area contributed by atoms with E-state index in [1.807, 2.05) is 37.4 Å². The molecule has 1 atom stereocenters. The molecule has 1 aromatic heterocycles. The van der Waals surface area contributed by atoms with Crippen molar-refractivity contribution in [2.75, 3.05) is 13.6 Å². The summed E-state index contributed by atoms with van der Waals surface area (Å²) in [6, 6.07) is 9.86. The lowest BCUT2D eigenvalue weighted by molar-refractivity contribution is -0.143. The Morgan fingerprint density at radius 2 is 1.87 bits per heavy atom. The number of aromatic nitrogens is 1. The minimum atomic E-state index is -4.97. The number of rotatable bonds is 4. The predicted molar refractivity (Wildman–Crippen MR) is 103 cm³/mol. The maximum Gasteiger partial charge on any atom is 0.436 e. The summed E-state index contributed by atoms with van der Waals surface area (Å²) >= 11 is 0. The molecule has 3 fully saturated rings. The molecule has 5 rings (SSSR count). The molecule has 1 N–H and O–H groups in total.